The van der Waals surface area contributed by atoms with Crippen LogP contribution in [0.1, 0.15) is 6.92 Å². The fourth-order valence-corrected chi connectivity index (χ4v) is 4.08. The number of ether oxygens (including phenoxy) is 2. The average Bonchev–Trinajstić information content (AvgIpc) is 3.14. The van der Waals surface area contributed by atoms with Crippen molar-refractivity contribution in [3.8, 4) is 11.3 Å². The third-order valence-electron chi connectivity index (χ3n) is 4.12. The molecule has 1 aliphatic rings. The Morgan fingerprint density at radius 2 is 2.12 bits per heavy atom. The van der Waals surface area contributed by atoms with E-state index in [2.05, 4.69) is 11.8 Å². The first-order valence-electron chi connectivity index (χ1n) is 8.14. The van der Waals surface area contributed by atoms with Gasteiger partial charge in [-0.3, -0.25) is 0 Å². The summed E-state index contributed by atoms with van der Waals surface area (Å²) in [6, 6.07) is 7.67. The summed E-state index contributed by atoms with van der Waals surface area (Å²) in [5.74, 6) is 0. The minimum absolute atomic E-state index is 0.0644. The number of fused-ring (bicyclic) bond motifs is 1. The molecule has 2 unspecified atom stereocenters. The molecule has 3 aromatic rings. The molecule has 0 amide bonds. The first kappa shape index (κ1) is 16.8. The summed E-state index contributed by atoms with van der Waals surface area (Å²) >= 11 is 7.54. The molecule has 0 radical (unpaired) electrons. The lowest BCUT2D eigenvalue weighted by Crippen LogP contribution is -2.48. The van der Waals surface area contributed by atoms with E-state index < -0.39 is 0 Å². The molecule has 8 heteroatoms. The highest BCUT2D eigenvalue weighted by Gasteiger charge is 2.27. The highest BCUT2D eigenvalue weighted by atomic mass is 35.5. The zero-order chi connectivity index (χ0) is 17.4. The van der Waals surface area contributed by atoms with Crippen molar-refractivity contribution in [2.45, 2.75) is 19.1 Å². The molecule has 0 aliphatic carbocycles. The number of anilines is 1. The number of methoxy groups -OCH3 is 1. The van der Waals surface area contributed by atoms with Gasteiger partial charge in [-0.05, 0) is 19.1 Å². The summed E-state index contributed by atoms with van der Waals surface area (Å²) in [6.45, 7) is 4.26. The van der Waals surface area contributed by atoms with Crippen molar-refractivity contribution in [2.24, 2.45) is 0 Å². The second-order valence-electron chi connectivity index (χ2n) is 6.17. The Labute approximate surface area is 154 Å². The van der Waals surface area contributed by atoms with Gasteiger partial charge in [-0.15, -0.1) is 5.10 Å². The van der Waals surface area contributed by atoms with Gasteiger partial charge in [0.2, 0.25) is 10.1 Å². The largest absolute Gasteiger partial charge is 0.382 e. The van der Waals surface area contributed by atoms with Gasteiger partial charge in [-0.1, -0.05) is 35.1 Å². The summed E-state index contributed by atoms with van der Waals surface area (Å²) in [7, 11) is 1.70. The van der Waals surface area contributed by atoms with Crippen LogP contribution in [0.2, 0.25) is 5.02 Å². The zero-order valence-corrected chi connectivity index (χ0v) is 15.6. The van der Waals surface area contributed by atoms with E-state index in [4.69, 9.17) is 31.2 Å². The van der Waals surface area contributed by atoms with E-state index in [9.17, 15) is 0 Å². The highest BCUT2D eigenvalue weighted by molar-refractivity contribution is 7.20. The number of imidazole rings is 1. The molecule has 4 rings (SSSR count). The van der Waals surface area contributed by atoms with Gasteiger partial charge in [0.1, 0.15) is 0 Å². The van der Waals surface area contributed by atoms with Crippen LogP contribution in [0.25, 0.3) is 16.2 Å². The van der Waals surface area contributed by atoms with Crippen molar-refractivity contribution < 1.29 is 9.47 Å². The molecule has 2 aromatic heterocycles. The summed E-state index contributed by atoms with van der Waals surface area (Å²) in [5, 5.41) is 6.38. The van der Waals surface area contributed by atoms with Crippen molar-refractivity contribution in [2.75, 3.05) is 31.7 Å². The zero-order valence-electron chi connectivity index (χ0n) is 14.1. The smallest absolute Gasteiger partial charge is 0.214 e. The van der Waals surface area contributed by atoms with Crippen LogP contribution in [-0.2, 0) is 9.47 Å². The molecule has 0 saturated carbocycles. The van der Waals surface area contributed by atoms with Crippen LogP contribution in [0.4, 0.5) is 5.13 Å². The number of hydrogen-bond donors (Lipinski definition) is 0. The van der Waals surface area contributed by atoms with Gasteiger partial charge in [-0.2, -0.15) is 0 Å². The van der Waals surface area contributed by atoms with E-state index in [0.717, 1.165) is 39.5 Å². The summed E-state index contributed by atoms with van der Waals surface area (Å²) < 4.78 is 13.0. The minimum atomic E-state index is 0.0644. The summed E-state index contributed by atoms with van der Waals surface area (Å²) in [4.78, 5) is 7.82. The van der Waals surface area contributed by atoms with E-state index in [1.807, 2.05) is 35.0 Å². The summed E-state index contributed by atoms with van der Waals surface area (Å²) in [6.07, 6.45) is 2.17. The first-order valence-corrected chi connectivity index (χ1v) is 9.33. The standard InChI is InChI=1S/C17H19ClN4O2S/c1-11-7-21(8-14(24-11)10-23-2)17-20-22-9-15(19-16(22)25-17)12-3-5-13(18)6-4-12/h3-6,9,11,14H,7-8,10H2,1-2H3. The number of hydrogen-bond acceptors (Lipinski definition) is 6. The van der Waals surface area contributed by atoms with Crippen LogP contribution in [0.15, 0.2) is 30.5 Å². The molecular weight excluding hydrogens is 360 g/mol. The normalized spacial score (nSPS) is 21.2. The van der Waals surface area contributed by atoms with Gasteiger partial charge in [0.25, 0.3) is 0 Å². The van der Waals surface area contributed by atoms with Gasteiger partial charge < -0.3 is 14.4 Å². The molecule has 1 aliphatic heterocycles. The quantitative estimate of drug-likeness (QED) is 0.696. The van der Waals surface area contributed by atoms with Crippen molar-refractivity contribution in [3.05, 3.63) is 35.5 Å². The van der Waals surface area contributed by atoms with E-state index in [0.29, 0.717) is 6.61 Å². The minimum Gasteiger partial charge on any atom is -0.382 e. The van der Waals surface area contributed by atoms with Crippen LogP contribution < -0.4 is 4.90 Å². The van der Waals surface area contributed by atoms with Crippen LogP contribution in [0.5, 0.6) is 0 Å². The monoisotopic (exact) mass is 378 g/mol. The van der Waals surface area contributed by atoms with E-state index in [1.165, 1.54) is 0 Å². The van der Waals surface area contributed by atoms with Crippen LogP contribution in [0, 0.1) is 0 Å². The lowest BCUT2D eigenvalue weighted by Gasteiger charge is -2.36. The van der Waals surface area contributed by atoms with Crippen molar-refractivity contribution in [3.63, 3.8) is 0 Å². The predicted octanol–water partition coefficient (Wildman–Crippen LogP) is 3.35. The van der Waals surface area contributed by atoms with Crippen molar-refractivity contribution >= 4 is 33.0 Å². The number of rotatable bonds is 4. The maximum absolute atomic E-state index is 5.95. The maximum Gasteiger partial charge on any atom is 0.214 e. The van der Waals surface area contributed by atoms with E-state index >= 15 is 0 Å². The Morgan fingerprint density at radius 3 is 2.84 bits per heavy atom. The van der Waals surface area contributed by atoms with Gasteiger partial charge in [0, 0.05) is 30.8 Å². The number of morpholine rings is 1. The Balaban J connectivity index is 1.57. The van der Waals surface area contributed by atoms with Gasteiger partial charge >= 0.3 is 0 Å². The topological polar surface area (TPSA) is 51.9 Å². The molecule has 1 fully saturated rings. The van der Waals surface area contributed by atoms with Crippen LogP contribution in [0.3, 0.4) is 0 Å². The first-order chi connectivity index (χ1) is 12.1. The predicted molar refractivity (Wildman–Crippen MR) is 99.7 cm³/mol. The number of aromatic nitrogens is 3. The lowest BCUT2D eigenvalue weighted by molar-refractivity contribution is -0.0511. The average molecular weight is 379 g/mol. The van der Waals surface area contributed by atoms with Crippen molar-refractivity contribution in [1.29, 1.82) is 0 Å². The fraction of sp³-hybridized carbons (Fsp3) is 0.412. The van der Waals surface area contributed by atoms with Gasteiger partial charge in [0.15, 0.2) is 0 Å². The van der Waals surface area contributed by atoms with Crippen LogP contribution in [-0.4, -0.2) is 53.6 Å². The lowest BCUT2D eigenvalue weighted by atomic mass is 10.2. The molecule has 0 bridgehead atoms. The number of benzene rings is 1. The van der Waals surface area contributed by atoms with Crippen LogP contribution >= 0.6 is 22.9 Å². The number of halogens is 1. The van der Waals surface area contributed by atoms with E-state index in [1.54, 1.807) is 18.4 Å². The Morgan fingerprint density at radius 1 is 1.32 bits per heavy atom. The SMILES string of the molecule is COCC1CN(c2nn3cc(-c4ccc(Cl)cc4)nc3s2)CC(C)O1. The molecule has 1 aromatic carbocycles. The van der Waals surface area contributed by atoms with Gasteiger partial charge in [-0.25, -0.2) is 9.50 Å². The Hall–Kier alpha value is -1.67. The molecule has 3 heterocycles. The second kappa shape index (κ2) is 6.92. The third kappa shape index (κ3) is 3.50. The second-order valence-corrected chi connectivity index (χ2v) is 7.54. The molecule has 0 spiro atoms. The molecule has 0 N–H and O–H groups in total. The maximum atomic E-state index is 5.95. The molecule has 2 atom stereocenters. The Kier molecular flexibility index (Phi) is 4.64. The highest BCUT2D eigenvalue weighted by Crippen LogP contribution is 2.29. The Bertz CT molecular complexity index is 832. The molecule has 132 valence electrons. The van der Waals surface area contributed by atoms with E-state index in [-0.39, 0.29) is 12.2 Å². The molecule has 25 heavy (non-hydrogen) atoms. The molecule has 6 nitrogen and oxygen atoms in total. The number of nitrogens with zero attached hydrogens (tertiary/aromatic N) is 4. The molecule has 1 saturated heterocycles. The summed E-state index contributed by atoms with van der Waals surface area (Å²) in [5.41, 5.74) is 1.93. The molecular formula is C17H19ClN4O2S. The van der Waals surface area contributed by atoms with Gasteiger partial charge in [0.05, 0.1) is 30.7 Å². The van der Waals surface area contributed by atoms with Crippen molar-refractivity contribution in [1.82, 2.24) is 14.6 Å². The fourth-order valence-electron chi connectivity index (χ4n) is 3.06. The third-order valence-corrected chi connectivity index (χ3v) is 5.36.